The number of anilines is 1. The molecule has 0 saturated carbocycles. The van der Waals surface area contributed by atoms with E-state index in [1.165, 1.54) is 0 Å². The monoisotopic (exact) mass is 393 g/mol. The van der Waals surface area contributed by atoms with E-state index in [4.69, 9.17) is 9.47 Å². The van der Waals surface area contributed by atoms with Gasteiger partial charge in [0.1, 0.15) is 6.54 Å². The number of hydrogen-bond acceptors (Lipinski definition) is 3. The Morgan fingerprint density at radius 1 is 1.21 bits per heavy atom. The van der Waals surface area contributed by atoms with Crippen molar-refractivity contribution in [2.45, 2.75) is 13.5 Å². The van der Waals surface area contributed by atoms with Gasteiger partial charge in [-0.05, 0) is 31.2 Å². The van der Waals surface area contributed by atoms with Gasteiger partial charge in [-0.2, -0.15) is 0 Å². The van der Waals surface area contributed by atoms with Gasteiger partial charge in [0, 0.05) is 15.7 Å². The molecule has 0 saturated heterocycles. The Hall–Kier alpha value is -2.05. The van der Waals surface area contributed by atoms with E-state index in [-0.39, 0.29) is 12.5 Å². The highest BCUT2D eigenvalue weighted by Gasteiger charge is 2.13. The van der Waals surface area contributed by atoms with Gasteiger partial charge in [0.2, 0.25) is 0 Å². The maximum absolute atomic E-state index is 12.0. The summed E-state index contributed by atoms with van der Waals surface area (Å²) < 4.78 is 11.9. The summed E-state index contributed by atoms with van der Waals surface area (Å²) in [6.07, 6.45) is 0. The van der Waals surface area contributed by atoms with Gasteiger partial charge in [-0.1, -0.05) is 34.1 Å². The average Bonchev–Trinajstić information content (AvgIpc) is 2.60. The number of hydrogen-bond donors (Lipinski definition) is 2. The number of nitrogens with one attached hydrogen (secondary N) is 1. The summed E-state index contributed by atoms with van der Waals surface area (Å²) in [7, 11) is 1.59. The summed E-state index contributed by atoms with van der Waals surface area (Å²) in [6, 6.07) is 13.0. The molecule has 2 rings (SSSR count). The summed E-state index contributed by atoms with van der Waals surface area (Å²) in [5.41, 5.74) is 1.86. The molecule has 2 aromatic rings. The minimum absolute atomic E-state index is 0.0852. The van der Waals surface area contributed by atoms with E-state index in [0.717, 1.165) is 28.8 Å². The molecule has 2 aromatic carbocycles. The average molecular weight is 394 g/mol. The van der Waals surface area contributed by atoms with Crippen LogP contribution in [0.4, 0.5) is 5.69 Å². The van der Waals surface area contributed by atoms with Crippen LogP contribution in [-0.2, 0) is 11.3 Å². The van der Waals surface area contributed by atoms with Crippen LogP contribution in [-0.4, -0.2) is 26.2 Å². The second-order valence-electron chi connectivity index (χ2n) is 5.20. The molecule has 0 aromatic heterocycles. The molecular formula is C18H22BrN2O3+. The fraction of sp³-hybridized carbons (Fsp3) is 0.278. The van der Waals surface area contributed by atoms with Gasteiger partial charge in [0.05, 0.1) is 13.7 Å². The number of rotatable bonds is 8. The molecule has 0 radical (unpaired) electrons. The van der Waals surface area contributed by atoms with Crippen molar-refractivity contribution in [2.24, 2.45) is 0 Å². The number of methoxy groups -OCH3 is 1. The molecule has 0 aliphatic carbocycles. The smallest absolute Gasteiger partial charge is 0.262 e. The number of halogens is 1. The third-order valence-electron chi connectivity index (χ3n) is 3.40. The van der Waals surface area contributed by atoms with Crippen LogP contribution in [0.15, 0.2) is 46.9 Å². The molecule has 1 amide bonds. The highest BCUT2D eigenvalue weighted by molar-refractivity contribution is 9.10. The van der Waals surface area contributed by atoms with Gasteiger partial charge in [0.25, 0.3) is 5.91 Å². The molecule has 0 fully saturated rings. The second kappa shape index (κ2) is 9.30. The van der Waals surface area contributed by atoms with Crippen LogP contribution in [0, 0.1) is 0 Å². The molecule has 0 atom stereocenters. The molecule has 0 aliphatic rings. The van der Waals surface area contributed by atoms with Crippen molar-refractivity contribution in [1.82, 2.24) is 0 Å². The van der Waals surface area contributed by atoms with E-state index in [1.807, 2.05) is 42.5 Å². The normalized spacial score (nSPS) is 10.3. The van der Waals surface area contributed by atoms with Crippen LogP contribution >= 0.6 is 15.9 Å². The van der Waals surface area contributed by atoms with Crippen molar-refractivity contribution in [3.8, 4) is 11.5 Å². The lowest BCUT2D eigenvalue weighted by molar-refractivity contribution is -0.667. The zero-order valence-corrected chi connectivity index (χ0v) is 15.4. The Morgan fingerprint density at radius 2 is 1.96 bits per heavy atom. The van der Waals surface area contributed by atoms with Gasteiger partial charge in [-0.3, -0.25) is 4.79 Å². The summed E-state index contributed by atoms with van der Waals surface area (Å²) in [5, 5.41) is 4.97. The minimum atomic E-state index is -0.220. The van der Waals surface area contributed by atoms with Crippen molar-refractivity contribution in [3.63, 3.8) is 0 Å². The standard InChI is InChI=1S/C18H21BrN2O3/c1-3-20-11-13-9-16(23-2)17(10-15(13)19)24-12-18(22)21-14-7-5-4-6-8-14/h4-10,20H,3,11-12H2,1-2H3,(H,21,22)/p+1. The Morgan fingerprint density at radius 3 is 2.62 bits per heavy atom. The molecule has 24 heavy (non-hydrogen) atoms. The predicted molar refractivity (Wildman–Crippen MR) is 97.4 cm³/mol. The summed E-state index contributed by atoms with van der Waals surface area (Å²) in [6.45, 7) is 3.88. The Balaban J connectivity index is 2.00. The van der Waals surface area contributed by atoms with Gasteiger partial charge >= 0.3 is 0 Å². The molecule has 0 bridgehead atoms. The second-order valence-corrected chi connectivity index (χ2v) is 6.05. The zero-order valence-electron chi connectivity index (χ0n) is 13.8. The first kappa shape index (κ1) is 18.3. The molecule has 3 N–H and O–H groups in total. The first-order chi connectivity index (χ1) is 11.6. The van der Waals surface area contributed by atoms with Gasteiger partial charge < -0.3 is 20.1 Å². The lowest BCUT2D eigenvalue weighted by atomic mass is 10.2. The van der Waals surface area contributed by atoms with Crippen LogP contribution in [0.3, 0.4) is 0 Å². The molecule has 0 unspecified atom stereocenters. The third kappa shape index (κ3) is 5.25. The van der Waals surface area contributed by atoms with Crippen LogP contribution in [0.25, 0.3) is 0 Å². The van der Waals surface area contributed by atoms with E-state index in [0.29, 0.717) is 11.5 Å². The van der Waals surface area contributed by atoms with E-state index in [2.05, 4.69) is 33.5 Å². The third-order valence-corrected chi connectivity index (χ3v) is 4.14. The molecule has 0 aliphatic heterocycles. The van der Waals surface area contributed by atoms with E-state index in [9.17, 15) is 4.79 Å². The number of nitrogens with two attached hydrogens (primary N) is 1. The maximum atomic E-state index is 12.0. The first-order valence-corrected chi connectivity index (χ1v) is 8.59. The highest BCUT2D eigenvalue weighted by atomic mass is 79.9. The molecule has 128 valence electrons. The topological polar surface area (TPSA) is 64.2 Å². The lowest BCUT2D eigenvalue weighted by Crippen LogP contribution is -2.81. The Labute approximate surface area is 150 Å². The van der Waals surface area contributed by atoms with Crippen molar-refractivity contribution >= 4 is 27.5 Å². The van der Waals surface area contributed by atoms with Crippen LogP contribution < -0.4 is 20.1 Å². The zero-order chi connectivity index (χ0) is 17.4. The van der Waals surface area contributed by atoms with Gasteiger partial charge in [-0.25, -0.2) is 0 Å². The summed E-state index contributed by atoms with van der Waals surface area (Å²) >= 11 is 3.55. The fourth-order valence-electron chi connectivity index (χ4n) is 2.17. The molecule has 5 nitrogen and oxygen atoms in total. The number of para-hydroxylation sites is 1. The summed E-state index contributed by atoms with van der Waals surface area (Å²) in [4.78, 5) is 12.0. The molecule has 6 heteroatoms. The SMILES string of the molecule is CC[NH2+]Cc1cc(OC)c(OCC(=O)Nc2ccccc2)cc1Br. The first-order valence-electron chi connectivity index (χ1n) is 7.79. The number of amides is 1. The van der Waals surface area contributed by atoms with Gasteiger partial charge in [0.15, 0.2) is 18.1 Å². The van der Waals surface area contributed by atoms with Crippen molar-refractivity contribution in [1.29, 1.82) is 0 Å². The lowest BCUT2D eigenvalue weighted by Gasteiger charge is -2.13. The van der Waals surface area contributed by atoms with Crippen LogP contribution in [0.2, 0.25) is 0 Å². The number of carbonyl (C=O) groups is 1. The minimum Gasteiger partial charge on any atom is -0.493 e. The Bertz CT molecular complexity index is 677. The summed E-state index contributed by atoms with van der Waals surface area (Å²) in [5.74, 6) is 0.931. The highest BCUT2D eigenvalue weighted by Crippen LogP contribution is 2.33. The van der Waals surface area contributed by atoms with E-state index >= 15 is 0 Å². The van der Waals surface area contributed by atoms with Gasteiger partial charge in [-0.15, -0.1) is 0 Å². The quantitative estimate of drug-likeness (QED) is 0.724. The fourth-order valence-corrected chi connectivity index (χ4v) is 2.65. The van der Waals surface area contributed by atoms with E-state index < -0.39 is 0 Å². The van der Waals surface area contributed by atoms with Crippen molar-refractivity contribution in [3.05, 3.63) is 52.5 Å². The number of benzene rings is 2. The largest absolute Gasteiger partial charge is 0.493 e. The number of quaternary nitrogens is 1. The Kier molecular flexibility index (Phi) is 7.08. The van der Waals surface area contributed by atoms with Crippen molar-refractivity contribution in [2.75, 3.05) is 25.6 Å². The predicted octanol–water partition coefficient (Wildman–Crippen LogP) is 2.56. The molecule has 0 heterocycles. The van der Waals surface area contributed by atoms with Crippen LogP contribution in [0.5, 0.6) is 11.5 Å². The maximum Gasteiger partial charge on any atom is 0.262 e. The number of ether oxygens (including phenoxy) is 2. The van der Waals surface area contributed by atoms with E-state index in [1.54, 1.807) is 7.11 Å². The molecular weight excluding hydrogens is 372 g/mol. The van der Waals surface area contributed by atoms with Crippen LogP contribution in [0.1, 0.15) is 12.5 Å². The molecule has 0 spiro atoms. The van der Waals surface area contributed by atoms with Crippen molar-refractivity contribution < 1.29 is 19.6 Å². The number of carbonyl (C=O) groups excluding carboxylic acids is 1.